The fourth-order valence-corrected chi connectivity index (χ4v) is 0.332. The van der Waals surface area contributed by atoms with Crippen molar-refractivity contribution in [2.75, 3.05) is 26.9 Å². The van der Waals surface area contributed by atoms with Crippen molar-refractivity contribution in [2.45, 2.75) is 6.23 Å². The molecule has 1 unspecified atom stereocenters. The van der Waals surface area contributed by atoms with Crippen molar-refractivity contribution in [3.05, 3.63) is 0 Å². The minimum atomic E-state index is -0.378. The minimum Gasteiger partial charge on any atom is -0.394 e. The monoisotopic (exact) mass is 135 g/mol. The first-order chi connectivity index (χ1) is 4.31. The molecule has 0 amide bonds. The summed E-state index contributed by atoms with van der Waals surface area (Å²) >= 11 is 0. The lowest BCUT2D eigenvalue weighted by Gasteiger charge is -2.08. The Labute approximate surface area is 54.6 Å². The molecule has 0 fully saturated rings. The molecule has 0 aliphatic carbocycles. The highest BCUT2D eigenvalue weighted by Crippen LogP contribution is 1.80. The Bertz CT molecular complexity index is 60.2. The van der Waals surface area contributed by atoms with E-state index in [1.807, 2.05) is 0 Å². The number of aliphatic hydroxyl groups is 1. The molecule has 4 nitrogen and oxygen atoms in total. The lowest BCUT2D eigenvalue weighted by atomic mass is 10.6. The molecule has 56 valence electrons. The summed E-state index contributed by atoms with van der Waals surface area (Å²) in [6.45, 7) is 0.671. The van der Waals surface area contributed by atoms with E-state index in [0.29, 0.717) is 13.2 Å². The molecule has 0 aromatic rings. The lowest BCUT2D eigenvalue weighted by molar-refractivity contribution is 0.00138. The van der Waals surface area contributed by atoms with Crippen LogP contribution in [0.25, 0.3) is 0 Å². The molecule has 9 heavy (non-hydrogen) atoms. The van der Waals surface area contributed by atoms with Gasteiger partial charge >= 0.3 is 0 Å². The van der Waals surface area contributed by atoms with Crippen molar-refractivity contribution in [1.29, 1.82) is 0 Å². The summed E-state index contributed by atoms with van der Waals surface area (Å²) in [5, 5.41) is 8.25. The van der Waals surface area contributed by atoms with E-state index in [1.54, 1.807) is 0 Å². The molecule has 0 heterocycles. The van der Waals surface area contributed by atoms with Crippen molar-refractivity contribution in [2.24, 2.45) is 5.73 Å². The molecule has 0 rings (SSSR count). The average Bonchev–Trinajstić information content (AvgIpc) is 1.89. The van der Waals surface area contributed by atoms with Crippen LogP contribution in [0.4, 0.5) is 0 Å². The van der Waals surface area contributed by atoms with Gasteiger partial charge in [0.2, 0.25) is 0 Å². The zero-order valence-electron chi connectivity index (χ0n) is 5.54. The molecular formula is C5H13NO3. The van der Waals surface area contributed by atoms with Gasteiger partial charge in [0.05, 0.1) is 19.8 Å². The van der Waals surface area contributed by atoms with E-state index in [2.05, 4.69) is 4.74 Å². The molecule has 4 heteroatoms. The number of methoxy groups -OCH3 is 1. The van der Waals surface area contributed by atoms with E-state index in [9.17, 15) is 0 Å². The number of nitrogens with two attached hydrogens (primary N) is 1. The Hall–Kier alpha value is -0.160. The SMILES string of the molecule is COC(N)COCCO. The molecule has 1 atom stereocenters. The highest BCUT2D eigenvalue weighted by molar-refractivity contribution is 4.41. The van der Waals surface area contributed by atoms with Crippen LogP contribution < -0.4 is 5.73 Å². The first-order valence-corrected chi connectivity index (χ1v) is 2.78. The zero-order chi connectivity index (χ0) is 7.11. The summed E-state index contributed by atoms with van der Waals surface area (Å²) in [5.74, 6) is 0. The van der Waals surface area contributed by atoms with Gasteiger partial charge in [-0.05, 0) is 0 Å². The van der Waals surface area contributed by atoms with E-state index in [-0.39, 0.29) is 12.8 Å². The minimum absolute atomic E-state index is 0.0242. The summed E-state index contributed by atoms with van der Waals surface area (Å²) in [5.41, 5.74) is 5.28. The van der Waals surface area contributed by atoms with Gasteiger partial charge in [0.15, 0.2) is 0 Å². The van der Waals surface area contributed by atoms with Crippen LogP contribution in [0.2, 0.25) is 0 Å². The maximum Gasteiger partial charge on any atom is 0.128 e. The summed E-state index contributed by atoms with van der Waals surface area (Å²) in [4.78, 5) is 0. The standard InChI is InChI=1S/C5H13NO3/c1-8-5(6)4-9-3-2-7/h5,7H,2-4,6H2,1H3. The van der Waals surface area contributed by atoms with E-state index in [0.717, 1.165) is 0 Å². The van der Waals surface area contributed by atoms with Gasteiger partial charge in [-0.2, -0.15) is 0 Å². The zero-order valence-corrected chi connectivity index (χ0v) is 5.54. The predicted octanol–water partition coefficient (Wildman–Crippen LogP) is -1.07. The fourth-order valence-electron chi connectivity index (χ4n) is 0.332. The Kier molecular flexibility index (Phi) is 5.86. The van der Waals surface area contributed by atoms with Crippen molar-refractivity contribution in [3.63, 3.8) is 0 Å². The number of hydrogen-bond acceptors (Lipinski definition) is 4. The van der Waals surface area contributed by atoms with Gasteiger partial charge in [-0.15, -0.1) is 0 Å². The maximum absolute atomic E-state index is 8.25. The van der Waals surface area contributed by atoms with Gasteiger partial charge in [-0.25, -0.2) is 0 Å². The van der Waals surface area contributed by atoms with Crippen molar-refractivity contribution < 1.29 is 14.6 Å². The van der Waals surface area contributed by atoms with Crippen molar-refractivity contribution >= 4 is 0 Å². The van der Waals surface area contributed by atoms with Crippen molar-refractivity contribution in [3.8, 4) is 0 Å². The molecular weight excluding hydrogens is 122 g/mol. The number of rotatable bonds is 5. The molecule has 0 saturated heterocycles. The highest BCUT2D eigenvalue weighted by Gasteiger charge is 1.96. The third kappa shape index (κ3) is 5.72. The molecule has 0 aromatic carbocycles. The fraction of sp³-hybridized carbons (Fsp3) is 1.00. The molecule has 0 spiro atoms. The Morgan fingerprint density at radius 2 is 2.33 bits per heavy atom. The van der Waals surface area contributed by atoms with E-state index >= 15 is 0 Å². The lowest BCUT2D eigenvalue weighted by Crippen LogP contribution is -2.28. The van der Waals surface area contributed by atoms with E-state index in [4.69, 9.17) is 15.6 Å². The highest BCUT2D eigenvalue weighted by atomic mass is 16.5. The maximum atomic E-state index is 8.25. The summed E-state index contributed by atoms with van der Waals surface area (Å²) < 4.78 is 9.50. The van der Waals surface area contributed by atoms with Crippen LogP contribution in [0.15, 0.2) is 0 Å². The summed E-state index contributed by atoms with van der Waals surface area (Å²) in [6.07, 6.45) is -0.378. The van der Waals surface area contributed by atoms with Crippen LogP contribution in [-0.4, -0.2) is 38.3 Å². The van der Waals surface area contributed by atoms with Crippen LogP contribution in [0.5, 0.6) is 0 Å². The summed E-state index contributed by atoms with van der Waals surface area (Å²) in [7, 11) is 1.51. The van der Waals surface area contributed by atoms with Crippen LogP contribution >= 0.6 is 0 Å². The number of aliphatic hydroxyl groups excluding tert-OH is 1. The second-order valence-electron chi connectivity index (χ2n) is 1.57. The summed E-state index contributed by atoms with van der Waals surface area (Å²) in [6, 6.07) is 0. The van der Waals surface area contributed by atoms with Crippen LogP contribution in [0.1, 0.15) is 0 Å². The Morgan fingerprint density at radius 3 is 2.78 bits per heavy atom. The van der Waals surface area contributed by atoms with Gasteiger partial charge < -0.3 is 20.3 Å². The van der Waals surface area contributed by atoms with Gasteiger partial charge in [-0.3, -0.25) is 0 Å². The van der Waals surface area contributed by atoms with E-state index in [1.165, 1.54) is 7.11 Å². The smallest absolute Gasteiger partial charge is 0.128 e. The second-order valence-corrected chi connectivity index (χ2v) is 1.57. The molecule has 0 radical (unpaired) electrons. The van der Waals surface area contributed by atoms with Crippen molar-refractivity contribution in [1.82, 2.24) is 0 Å². The van der Waals surface area contributed by atoms with Gasteiger partial charge in [0, 0.05) is 7.11 Å². The number of hydrogen-bond donors (Lipinski definition) is 2. The van der Waals surface area contributed by atoms with Crippen LogP contribution in [-0.2, 0) is 9.47 Å². The van der Waals surface area contributed by atoms with E-state index < -0.39 is 0 Å². The first kappa shape index (κ1) is 8.84. The van der Waals surface area contributed by atoms with Crippen LogP contribution in [0.3, 0.4) is 0 Å². The van der Waals surface area contributed by atoms with Gasteiger partial charge in [0.25, 0.3) is 0 Å². The molecule has 0 bridgehead atoms. The third-order valence-electron chi connectivity index (χ3n) is 0.820. The van der Waals surface area contributed by atoms with Crippen LogP contribution in [0, 0.1) is 0 Å². The molecule has 0 aliphatic heterocycles. The molecule has 3 N–H and O–H groups in total. The predicted molar refractivity (Wildman–Crippen MR) is 32.9 cm³/mol. The van der Waals surface area contributed by atoms with Gasteiger partial charge in [0.1, 0.15) is 6.23 Å². The third-order valence-corrected chi connectivity index (χ3v) is 0.820. The largest absolute Gasteiger partial charge is 0.394 e. The molecule has 0 aliphatic rings. The Morgan fingerprint density at radius 1 is 1.67 bits per heavy atom. The quantitative estimate of drug-likeness (QED) is 0.372. The number of ether oxygens (including phenoxy) is 2. The molecule has 0 saturated carbocycles. The molecule has 0 aromatic heterocycles. The average molecular weight is 135 g/mol. The first-order valence-electron chi connectivity index (χ1n) is 2.78. The Balaban J connectivity index is 2.88. The second kappa shape index (κ2) is 5.97. The normalized spacial score (nSPS) is 13.7. The van der Waals surface area contributed by atoms with Gasteiger partial charge in [-0.1, -0.05) is 0 Å². The topological polar surface area (TPSA) is 64.7 Å².